The predicted octanol–water partition coefficient (Wildman–Crippen LogP) is 3.68. The van der Waals surface area contributed by atoms with Crippen molar-refractivity contribution in [2.24, 2.45) is 0 Å². The van der Waals surface area contributed by atoms with E-state index in [1.54, 1.807) is 0 Å². The van der Waals surface area contributed by atoms with Gasteiger partial charge in [0.25, 0.3) is 0 Å². The summed E-state index contributed by atoms with van der Waals surface area (Å²) in [4.78, 5) is 1.46. The van der Waals surface area contributed by atoms with Gasteiger partial charge in [-0.1, -0.05) is 34.3 Å². The standard InChI is InChI=1S/C8H12S.CH4/c1-8(2,3)7-5-4-6-9-7;/h4-6H,1-3H3;1H4. The Labute approximate surface area is 67.9 Å². The number of thiophene rings is 1. The molecule has 1 heterocycles. The molecule has 0 aliphatic carbocycles. The molecule has 0 saturated heterocycles. The zero-order chi connectivity index (χ0) is 6.91. The lowest BCUT2D eigenvalue weighted by molar-refractivity contribution is 0.604. The van der Waals surface area contributed by atoms with Crippen LogP contribution in [0.25, 0.3) is 0 Å². The van der Waals surface area contributed by atoms with Crippen molar-refractivity contribution < 1.29 is 0 Å². The van der Waals surface area contributed by atoms with Crippen LogP contribution in [0.4, 0.5) is 0 Å². The van der Waals surface area contributed by atoms with Crippen molar-refractivity contribution in [1.29, 1.82) is 0 Å². The van der Waals surface area contributed by atoms with Gasteiger partial charge in [-0.2, -0.15) is 0 Å². The monoisotopic (exact) mass is 156 g/mol. The summed E-state index contributed by atoms with van der Waals surface area (Å²) in [6, 6.07) is 4.29. The molecule has 1 aromatic rings. The highest BCUT2D eigenvalue weighted by Gasteiger charge is 2.13. The van der Waals surface area contributed by atoms with Gasteiger partial charge in [0.1, 0.15) is 0 Å². The topological polar surface area (TPSA) is 0 Å². The largest absolute Gasteiger partial charge is 0.148 e. The third kappa shape index (κ3) is 2.14. The lowest BCUT2D eigenvalue weighted by Crippen LogP contribution is -2.07. The van der Waals surface area contributed by atoms with E-state index in [0.29, 0.717) is 5.41 Å². The quantitative estimate of drug-likeness (QED) is 0.537. The third-order valence-electron chi connectivity index (χ3n) is 1.26. The third-order valence-corrected chi connectivity index (χ3v) is 2.56. The van der Waals surface area contributed by atoms with Gasteiger partial charge in [-0.15, -0.1) is 11.3 Å². The summed E-state index contributed by atoms with van der Waals surface area (Å²) < 4.78 is 0. The second-order valence-corrected chi connectivity index (χ2v) is 4.17. The molecule has 58 valence electrons. The maximum absolute atomic E-state index is 2.23. The van der Waals surface area contributed by atoms with Gasteiger partial charge < -0.3 is 0 Å². The summed E-state index contributed by atoms with van der Waals surface area (Å²) in [5, 5.41) is 2.13. The van der Waals surface area contributed by atoms with Crippen LogP contribution in [0.5, 0.6) is 0 Å². The molecule has 0 atom stereocenters. The van der Waals surface area contributed by atoms with E-state index in [9.17, 15) is 0 Å². The van der Waals surface area contributed by atoms with Gasteiger partial charge in [-0.25, -0.2) is 0 Å². The maximum atomic E-state index is 2.23. The summed E-state index contributed by atoms with van der Waals surface area (Å²) in [5.41, 5.74) is 0.341. The van der Waals surface area contributed by atoms with Crippen molar-refractivity contribution in [3.05, 3.63) is 22.4 Å². The highest BCUT2D eigenvalue weighted by Crippen LogP contribution is 2.25. The molecule has 1 aromatic heterocycles. The first kappa shape index (κ1) is 9.70. The van der Waals surface area contributed by atoms with Crippen molar-refractivity contribution in [3.8, 4) is 0 Å². The highest BCUT2D eigenvalue weighted by molar-refractivity contribution is 7.10. The number of hydrogen-bond donors (Lipinski definition) is 0. The van der Waals surface area contributed by atoms with E-state index in [0.717, 1.165) is 0 Å². The Morgan fingerprint density at radius 1 is 1.30 bits per heavy atom. The zero-order valence-corrected chi connectivity index (χ0v) is 6.96. The summed E-state index contributed by atoms with van der Waals surface area (Å²) >= 11 is 1.83. The molecule has 0 aliphatic rings. The Bertz CT molecular complexity index is 167. The van der Waals surface area contributed by atoms with Crippen LogP contribution in [-0.4, -0.2) is 0 Å². The van der Waals surface area contributed by atoms with Gasteiger partial charge in [0, 0.05) is 4.88 Å². The smallest absolute Gasteiger partial charge is 0.00987 e. The first-order valence-electron chi connectivity index (χ1n) is 3.15. The van der Waals surface area contributed by atoms with Crippen molar-refractivity contribution in [1.82, 2.24) is 0 Å². The van der Waals surface area contributed by atoms with Gasteiger partial charge >= 0.3 is 0 Å². The normalized spacial score (nSPS) is 10.7. The first-order valence-corrected chi connectivity index (χ1v) is 4.02. The fourth-order valence-electron chi connectivity index (χ4n) is 0.705. The molecular weight excluding hydrogens is 140 g/mol. The Morgan fingerprint density at radius 2 is 1.90 bits per heavy atom. The summed E-state index contributed by atoms with van der Waals surface area (Å²) in [7, 11) is 0. The van der Waals surface area contributed by atoms with Crippen LogP contribution in [0.2, 0.25) is 0 Å². The van der Waals surface area contributed by atoms with E-state index in [-0.39, 0.29) is 7.43 Å². The SMILES string of the molecule is C.CC(C)(C)c1cccs1. The molecule has 0 bridgehead atoms. The van der Waals surface area contributed by atoms with Gasteiger partial charge in [-0.3, -0.25) is 0 Å². The van der Waals surface area contributed by atoms with E-state index in [2.05, 4.69) is 38.3 Å². The minimum absolute atomic E-state index is 0. The summed E-state index contributed by atoms with van der Waals surface area (Å²) in [6.07, 6.45) is 0. The van der Waals surface area contributed by atoms with Crippen LogP contribution in [0.3, 0.4) is 0 Å². The van der Waals surface area contributed by atoms with Gasteiger partial charge in [0.05, 0.1) is 0 Å². The molecule has 0 amide bonds. The molecule has 1 rings (SSSR count). The molecule has 0 spiro atoms. The molecule has 0 aromatic carbocycles. The zero-order valence-electron chi connectivity index (χ0n) is 6.14. The molecule has 0 saturated carbocycles. The molecule has 0 fully saturated rings. The Hall–Kier alpha value is -0.300. The maximum Gasteiger partial charge on any atom is 0.00987 e. The number of rotatable bonds is 0. The van der Waals surface area contributed by atoms with E-state index in [1.165, 1.54) is 4.88 Å². The van der Waals surface area contributed by atoms with E-state index in [1.807, 2.05) is 11.3 Å². The number of hydrogen-bond acceptors (Lipinski definition) is 1. The van der Waals surface area contributed by atoms with Crippen LogP contribution in [0.1, 0.15) is 33.1 Å². The van der Waals surface area contributed by atoms with Crippen LogP contribution in [-0.2, 0) is 5.41 Å². The van der Waals surface area contributed by atoms with Crippen molar-refractivity contribution in [2.75, 3.05) is 0 Å². The average molecular weight is 156 g/mol. The lowest BCUT2D eigenvalue weighted by Gasteiger charge is -2.14. The van der Waals surface area contributed by atoms with Crippen LogP contribution in [0, 0.1) is 0 Å². The molecule has 0 unspecified atom stereocenters. The van der Waals surface area contributed by atoms with Crippen LogP contribution in [0.15, 0.2) is 17.5 Å². The second-order valence-electron chi connectivity index (χ2n) is 3.23. The van der Waals surface area contributed by atoms with E-state index < -0.39 is 0 Å². The minimum atomic E-state index is 0. The van der Waals surface area contributed by atoms with Gasteiger partial charge in [0.15, 0.2) is 0 Å². The summed E-state index contributed by atoms with van der Waals surface area (Å²) in [6.45, 7) is 6.70. The Balaban J connectivity index is 0.000000810. The van der Waals surface area contributed by atoms with Gasteiger partial charge in [-0.05, 0) is 16.9 Å². The van der Waals surface area contributed by atoms with Gasteiger partial charge in [0.2, 0.25) is 0 Å². The van der Waals surface area contributed by atoms with Crippen molar-refractivity contribution in [3.63, 3.8) is 0 Å². The molecule has 10 heavy (non-hydrogen) atoms. The van der Waals surface area contributed by atoms with Crippen molar-refractivity contribution >= 4 is 11.3 Å². The predicted molar refractivity (Wildman–Crippen MR) is 49.8 cm³/mol. The second kappa shape index (κ2) is 3.20. The molecular formula is C9H16S. The van der Waals surface area contributed by atoms with Crippen molar-refractivity contribution in [2.45, 2.75) is 33.6 Å². The van der Waals surface area contributed by atoms with E-state index >= 15 is 0 Å². The molecule has 0 aliphatic heterocycles. The molecule has 0 N–H and O–H groups in total. The molecule has 1 heteroatoms. The Morgan fingerprint density at radius 3 is 2.10 bits per heavy atom. The summed E-state index contributed by atoms with van der Waals surface area (Å²) in [5.74, 6) is 0. The highest BCUT2D eigenvalue weighted by atomic mass is 32.1. The first-order chi connectivity index (χ1) is 4.11. The molecule has 0 nitrogen and oxygen atoms in total. The molecule has 0 radical (unpaired) electrons. The minimum Gasteiger partial charge on any atom is -0.148 e. The van der Waals surface area contributed by atoms with Crippen LogP contribution >= 0.6 is 11.3 Å². The Kier molecular flexibility index (Phi) is 3.10. The fraction of sp³-hybridized carbons (Fsp3) is 0.556. The average Bonchev–Trinajstić information content (AvgIpc) is 2.08. The van der Waals surface area contributed by atoms with Crippen LogP contribution < -0.4 is 0 Å². The van der Waals surface area contributed by atoms with E-state index in [4.69, 9.17) is 0 Å². The lowest BCUT2D eigenvalue weighted by atomic mass is 9.95. The fourth-order valence-corrected chi connectivity index (χ4v) is 1.52.